The predicted molar refractivity (Wildman–Crippen MR) is 61.6 cm³/mol. The quantitative estimate of drug-likeness (QED) is 0.820. The summed E-state index contributed by atoms with van der Waals surface area (Å²) in [6.07, 6.45) is -4.25. The maximum atomic E-state index is 12.9. The highest BCUT2D eigenvalue weighted by Gasteiger charge is 2.48. The first-order valence-electron chi connectivity index (χ1n) is 5.44. The Morgan fingerprint density at radius 2 is 1.94 bits per heavy atom. The second-order valence-corrected chi connectivity index (χ2v) is 5.89. The Labute approximate surface area is 98.7 Å². The lowest BCUT2D eigenvalue weighted by molar-refractivity contribution is -0.193. The number of alkyl halides is 3. The van der Waals surface area contributed by atoms with Crippen molar-refractivity contribution in [3.05, 3.63) is 0 Å². The summed E-state index contributed by atoms with van der Waals surface area (Å²) in [5, 5.41) is 0.220. The molecule has 0 aromatic heterocycles. The van der Waals surface area contributed by atoms with Crippen molar-refractivity contribution >= 4 is 11.8 Å². The standard InChI is InChI=1S/C10H19F3N2S/c1-6(14)9(10(11,12)13)15-4-5-16-8(3)7(15)2/h6-9H,4-5,14H2,1-3H3. The predicted octanol–water partition coefficient (Wildman–Crippen LogP) is 2.09. The molecule has 6 heteroatoms. The molecule has 1 aliphatic heterocycles. The van der Waals surface area contributed by atoms with Crippen molar-refractivity contribution in [3.8, 4) is 0 Å². The van der Waals surface area contributed by atoms with Crippen LogP contribution >= 0.6 is 11.8 Å². The molecule has 0 aliphatic carbocycles. The summed E-state index contributed by atoms with van der Waals surface area (Å²) >= 11 is 1.72. The Kier molecular flexibility index (Phi) is 4.54. The lowest BCUT2D eigenvalue weighted by Crippen LogP contribution is -2.61. The van der Waals surface area contributed by atoms with Crippen LogP contribution in [0.25, 0.3) is 0 Å². The van der Waals surface area contributed by atoms with Gasteiger partial charge in [0.25, 0.3) is 0 Å². The first kappa shape index (κ1) is 14.1. The Balaban J connectivity index is 2.86. The average molecular weight is 256 g/mol. The molecule has 1 heterocycles. The van der Waals surface area contributed by atoms with Gasteiger partial charge in [-0.3, -0.25) is 4.90 Å². The van der Waals surface area contributed by atoms with Gasteiger partial charge in [0, 0.05) is 29.6 Å². The van der Waals surface area contributed by atoms with Crippen molar-refractivity contribution < 1.29 is 13.2 Å². The van der Waals surface area contributed by atoms with Gasteiger partial charge in [-0.25, -0.2) is 0 Å². The fraction of sp³-hybridized carbons (Fsp3) is 1.00. The topological polar surface area (TPSA) is 29.3 Å². The highest BCUT2D eigenvalue weighted by molar-refractivity contribution is 8.00. The minimum absolute atomic E-state index is 0.0867. The summed E-state index contributed by atoms with van der Waals surface area (Å²) in [6, 6.07) is -2.50. The minimum Gasteiger partial charge on any atom is -0.326 e. The molecule has 0 bridgehead atoms. The normalized spacial score (nSPS) is 32.4. The van der Waals surface area contributed by atoms with Crippen LogP contribution in [0.2, 0.25) is 0 Å². The summed E-state index contributed by atoms with van der Waals surface area (Å²) in [5.41, 5.74) is 5.49. The molecule has 0 saturated carbocycles. The third kappa shape index (κ3) is 3.05. The molecule has 1 fully saturated rings. The smallest absolute Gasteiger partial charge is 0.326 e. The summed E-state index contributed by atoms with van der Waals surface area (Å²) in [7, 11) is 0. The van der Waals surface area contributed by atoms with E-state index >= 15 is 0 Å². The molecule has 96 valence electrons. The molecule has 1 aliphatic rings. The third-order valence-corrected chi connectivity index (χ3v) is 4.46. The maximum absolute atomic E-state index is 12.9. The Morgan fingerprint density at radius 1 is 1.38 bits per heavy atom. The van der Waals surface area contributed by atoms with Crippen molar-refractivity contribution in [2.75, 3.05) is 12.3 Å². The van der Waals surface area contributed by atoms with Crippen LogP contribution in [0.5, 0.6) is 0 Å². The van der Waals surface area contributed by atoms with E-state index in [2.05, 4.69) is 0 Å². The maximum Gasteiger partial charge on any atom is 0.405 e. The molecular formula is C10H19F3N2S. The first-order chi connectivity index (χ1) is 7.25. The van der Waals surface area contributed by atoms with Crippen LogP contribution < -0.4 is 5.73 Å². The van der Waals surface area contributed by atoms with Gasteiger partial charge in [0.15, 0.2) is 0 Å². The fourth-order valence-corrected chi connectivity index (χ4v) is 3.26. The zero-order valence-corrected chi connectivity index (χ0v) is 10.6. The molecule has 4 atom stereocenters. The van der Waals surface area contributed by atoms with Crippen LogP contribution in [0.15, 0.2) is 0 Å². The minimum atomic E-state index is -4.25. The van der Waals surface area contributed by atoms with E-state index in [1.54, 1.807) is 11.8 Å². The van der Waals surface area contributed by atoms with Gasteiger partial charge in [-0.2, -0.15) is 24.9 Å². The lowest BCUT2D eigenvalue weighted by Gasteiger charge is -2.44. The highest BCUT2D eigenvalue weighted by Crippen LogP contribution is 2.33. The Bertz CT molecular complexity index is 233. The van der Waals surface area contributed by atoms with Gasteiger partial charge < -0.3 is 5.73 Å². The van der Waals surface area contributed by atoms with Crippen molar-refractivity contribution in [3.63, 3.8) is 0 Å². The molecule has 2 N–H and O–H groups in total. The van der Waals surface area contributed by atoms with Crippen LogP contribution in [-0.4, -0.2) is 46.7 Å². The Hall–Kier alpha value is 0.0600. The van der Waals surface area contributed by atoms with E-state index in [9.17, 15) is 13.2 Å². The van der Waals surface area contributed by atoms with Gasteiger partial charge >= 0.3 is 6.18 Å². The van der Waals surface area contributed by atoms with Crippen LogP contribution in [0.3, 0.4) is 0 Å². The molecule has 4 unspecified atom stereocenters. The summed E-state index contributed by atoms with van der Waals surface area (Å²) in [6.45, 7) is 5.70. The van der Waals surface area contributed by atoms with Crippen molar-refractivity contribution in [1.82, 2.24) is 4.90 Å². The number of nitrogens with two attached hydrogens (primary N) is 1. The van der Waals surface area contributed by atoms with Crippen molar-refractivity contribution in [2.24, 2.45) is 5.73 Å². The van der Waals surface area contributed by atoms with Crippen LogP contribution in [0, 0.1) is 0 Å². The molecule has 1 rings (SSSR count). The van der Waals surface area contributed by atoms with Gasteiger partial charge in [-0.05, 0) is 13.8 Å². The third-order valence-electron chi connectivity index (χ3n) is 3.12. The molecule has 16 heavy (non-hydrogen) atoms. The number of thioether (sulfide) groups is 1. The van der Waals surface area contributed by atoms with E-state index in [-0.39, 0.29) is 11.3 Å². The molecule has 2 nitrogen and oxygen atoms in total. The van der Waals surface area contributed by atoms with Gasteiger partial charge in [-0.1, -0.05) is 6.92 Å². The van der Waals surface area contributed by atoms with E-state index in [4.69, 9.17) is 5.73 Å². The first-order valence-corrected chi connectivity index (χ1v) is 6.49. The van der Waals surface area contributed by atoms with E-state index in [0.29, 0.717) is 6.54 Å². The molecule has 0 spiro atoms. The number of hydrogen-bond acceptors (Lipinski definition) is 3. The summed E-state index contributed by atoms with van der Waals surface area (Å²) < 4.78 is 38.8. The fourth-order valence-electron chi connectivity index (χ4n) is 2.14. The summed E-state index contributed by atoms with van der Waals surface area (Å²) in [4.78, 5) is 1.51. The molecule has 0 aromatic rings. The second-order valence-electron chi connectivity index (χ2n) is 4.40. The largest absolute Gasteiger partial charge is 0.405 e. The number of hydrogen-bond donors (Lipinski definition) is 1. The average Bonchev–Trinajstić information content (AvgIpc) is 2.09. The Morgan fingerprint density at radius 3 is 2.38 bits per heavy atom. The van der Waals surface area contributed by atoms with E-state index in [0.717, 1.165) is 5.75 Å². The van der Waals surface area contributed by atoms with Crippen molar-refractivity contribution in [2.45, 2.75) is 50.3 Å². The van der Waals surface area contributed by atoms with Crippen LogP contribution in [0.1, 0.15) is 20.8 Å². The van der Waals surface area contributed by atoms with Gasteiger partial charge in [-0.15, -0.1) is 0 Å². The molecular weight excluding hydrogens is 237 g/mol. The SMILES string of the molecule is CC(N)C(N1CCSC(C)C1C)C(F)(F)F. The lowest BCUT2D eigenvalue weighted by atomic mass is 10.0. The van der Waals surface area contributed by atoms with E-state index in [1.807, 2.05) is 13.8 Å². The van der Waals surface area contributed by atoms with E-state index < -0.39 is 18.3 Å². The van der Waals surface area contributed by atoms with Gasteiger partial charge in [0.2, 0.25) is 0 Å². The van der Waals surface area contributed by atoms with Crippen LogP contribution in [0.4, 0.5) is 13.2 Å². The number of nitrogens with zero attached hydrogens (tertiary/aromatic N) is 1. The zero-order chi connectivity index (χ0) is 12.5. The molecule has 0 aromatic carbocycles. The van der Waals surface area contributed by atoms with Gasteiger partial charge in [0.1, 0.15) is 6.04 Å². The molecule has 0 amide bonds. The molecule has 0 radical (unpaired) electrons. The summed E-state index contributed by atoms with van der Waals surface area (Å²) in [5.74, 6) is 0.741. The number of halogens is 3. The second kappa shape index (κ2) is 5.14. The van der Waals surface area contributed by atoms with E-state index in [1.165, 1.54) is 11.8 Å². The van der Waals surface area contributed by atoms with Crippen molar-refractivity contribution in [1.29, 1.82) is 0 Å². The number of rotatable bonds is 2. The van der Waals surface area contributed by atoms with Crippen LogP contribution in [-0.2, 0) is 0 Å². The highest BCUT2D eigenvalue weighted by atomic mass is 32.2. The monoisotopic (exact) mass is 256 g/mol. The van der Waals surface area contributed by atoms with Gasteiger partial charge in [0.05, 0.1) is 0 Å². The zero-order valence-electron chi connectivity index (χ0n) is 9.79. The molecule has 1 saturated heterocycles.